The molecule has 0 bridgehead atoms. The maximum Gasteiger partial charge on any atom is 0.216 e. The summed E-state index contributed by atoms with van der Waals surface area (Å²) in [5, 5.41) is 0.576. The number of Topliss-reactive ketones (excluding diaryl/α,β-unsaturated/α-hetero) is 1. The minimum Gasteiger partial charge on any atom is -0.481 e. The van der Waals surface area contributed by atoms with E-state index in [1.54, 1.807) is 18.2 Å². The molecule has 0 fully saturated rings. The molecule has 0 aliphatic rings. The first-order valence-corrected chi connectivity index (χ1v) is 6.89. The van der Waals surface area contributed by atoms with E-state index in [9.17, 15) is 4.79 Å². The lowest BCUT2D eigenvalue weighted by Gasteiger charge is -2.04. The Morgan fingerprint density at radius 3 is 2.84 bits per heavy atom. The standard InChI is InChI=1S/C13H10ClIN2O2/c1-19-13-6-9(16-7-17-13)5-12(18)8-2-3-11(15)10(14)4-8/h2-4,6-7H,5H2,1H3. The number of nitrogens with zero attached hydrogens (tertiary/aromatic N) is 2. The van der Waals surface area contributed by atoms with Crippen LogP contribution in [0.25, 0.3) is 0 Å². The zero-order valence-corrected chi connectivity index (χ0v) is 13.0. The summed E-state index contributed by atoms with van der Waals surface area (Å²) in [5.74, 6) is 0.400. The molecule has 0 amide bonds. The highest BCUT2D eigenvalue weighted by Crippen LogP contribution is 2.20. The van der Waals surface area contributed by atoms with Crippen molar-refractivity contribution in [1.29, 1.82) is 0 Å². The molecule has 19 heavy (non-hydrogen) atoms. The van der Waals surface area contributed by atoms with Gasteiger partial charge in [0, 0.05) is 15.2 Å². The fourth-order valence-corrected chi connectivity index (χ4v) is 2.04. The summed E-state index contributed by atoms with van der Waals surface area (Å²) in [6, 6.07) is 6.89. The summed E-state index contributed by atoms with van der Waals surface area (Å²) >= 11 is 8.12. The molecule has 0 aliphatic carbocycles. The molecule has 0 spiro atoms. The Bertz CT molecular complexity index is 619. The van der Waals surface area contributed by atoms with Gasteiger partial charge in [0.2, 0.25) is 5.88 Å². The van der Waals surface area contributed by atoms with Gasteiger partial charge in [0.15, 0.2) is 5.78 Å². The third-order valence-electron chi connectivity index (χ3n) is 2.49. The van der Waals surface area contributed by atoms with Crippen molar-refractivity contribution in [3.8, 4) is 5.88 Å². The first-order valence-electron chi connectivity index (χ1n) is 5.43. The summed E-state index contributed by atoms with van der Waals surface area (Å²) in [6.45, 7) is 0. The molecular weight excluding hydrogens is 379 g/mol. The highest BCUT2D eigenvalue weighted by Gasteiger charge is 2.10. The third-order valence-corrected chi connectivity index (χ3v) is 4.06. The zero-order chi connectivity index (χ0) is 13.8. The van der Waals surface area contributed by atoms with Crippen LogP contribution in [0, 0.1) is 3.57 Å². The van der Waals surface area contributed by atoms with E-state index < -0.39 is 0 Å². The van der Waals surface area contributed by atoms with E-state index in [2.05, 4.69) is 32.6 Å². The number of aromatic nitrogens is 2. The van der Waals surface area contributed by atoms with Crippen LogP contribution in [0.15, 0.2) is 30.6 Å². The van der Waals surface area contributed by atoms with Crippen molar-refractivity contribution in [2.45, 2.75) is 6.42 Å². The van der Waals surface area contributed by atoms with Crippen molar-refractivity contribution in [3.05, 3.63) is 50.4 Å². The Morgan fingerprint density at radius 1 is 1.37 bits per heavy atom. The Hall–Kier alpha value is -1.21. The van der Waals surface area contributed by atoms with Gasteiger partial charge in [-0.05, 0) is 34.7 Å². The van der Waals surface area contributed by atoms with Crippen LogP contribution in [-0.4, -0.2) is 22.9 Å². The number of hydrogen-bond donors (Lipinski definition) is 0. The number of methoxy groups -OCH3 is 1. The van der Waals surface area contributed by atoms with Crippen LogP contribution in [0.1, 0.15) is 16.1 Å². The topological polar surface area (TPSA) is 52.1 Å². The van der Waals surface area contributed by atoms with Crippen LogP contribution in [0.3, 0.4) is 0 Å². The van der Waals surface area contributed by atoms with Crippen LogP contribution in [-0.2, 0) is 6.42 Å². The van der Waals surface area contributed by atoms with E-state index in [0.29, 0.717) is 22.2 Å². The van der Waals surface area contributed by atoms with Crippen molar-refractivity contribution in [1.82, 2.24) is 9.97 Å². The predicted molar refractivity (Wildman–Crippen MR) is 80.8 cm³/mol. The van der Waals surface area contributed by atoms with Gasteiger partial charge in [-0.2, -0.15) is 0 Å². The predicted octanol–water partition coefficient (Wildman–Crippen LogP) is 3.17. The largest absolute Gasteiger partial charge is 0.481 e. The number of hydrogen-bond acceptors (Lipinski definition) is 4. The molecule has 1 heterocycles. The van der Waals surface area contributed by atoms with Crippen molar-refractivity contribution in [2.24, 2.45) is 0 Å². The van der Waals surface area contributed by atoms with Gasteiger partial charge in [-0.25, -0.2) is 9.97 Å². The average Bonchev–Trinajstić information content (AvgIpc) is 2.42. The molecule has 0 atom stereocenters. The number of carbonyl (C=O) groups excluding carboxylic acids is 1. The molecule has 2 rings (SSSR count). The van der Waals surface area contributed by atoms with E-state index in [1.807, 2.05) is 6.07 Å². The molecule has 0 N–H and O–H groups in total. The number of halogens is 2. The number of rotatable bonds is 4. The third kappa shape index (κ3) is 3.63. The average molecular weight is 389 g/mol. The maximum absolute atomic E-state index is 12.1. The molecule has 98 valence electrons. The molecule has 1 aromatic heterocycles. The first-order chi connectivity index (χ1) is 9.10. The van der Waals surface area contributed by atoms with Gasteiger partial charge in [0.25, 0.3) is 0 Å². The minimum absolute atomic E-state index is 0.0425. The second kappa shape index (κ2) is 6.29. The van der Waals surface area contributed by atoms with Gasteiger partial charge in [0.1, 0.15) is 6.33 Å². The zero-order valence-electron chi connectivity index (χ0n) is 10.1. The lowest BCUT2D eigenvalue weighted by Crippen LogP contribution is -2.06. The molecule has 0 saturated carbocycles. The van der Waals surface area contributed by atoms with Crippen molar-refractivity contribution >= 4 is 40.0 Å². The highest BCUT2D eigenvalue weighted by atomic mass is 127. The highest BCUT2D eigenvalue weighted by molar-refractivity contribution is 14.1. The van der Waals surface area contributed by atoms with E-state index in [4.69, 9.17) is 16.3 Å². The molecular formula is C13H10ClIN2O2. The van der Waals surface area contributed by atoms with Gasteiger partial charge in [0.05, 0.1) is 24.2 Å². The quantitative estimate of drug-likeness (QED) is 0.596. The van der Waals surface area contributed by atoms with Crippen LogP contribution in [0.4, 0.5) is 0 Å². The second-order valence-electron chi connectivity index (χ2n) is 3.78. The number of ether oxygens (including phenoxy) is 1. The molecule has 4 nitrogen and oxygen atoms in total. The van der Waals surface area contributed by atoms with Gasteiger partial charge >= 0.3 is 0 Å². The van der Waals surface area contributed by atoms with Gasteiger partial charge in [-0.3, -0.25) is 4.79 Å². The monoisotopic (exact) mass is 388 g/mol. The lowest BCUT2D eigenvalue weighted by atomic mass is 10.1. The summed E-state index contributed by atoms with van der Waals surface area (Å²) in [6.07, 6.45) is 1.57. The molecule has 2 aromatic rings. The normalized spacial score (nSPS) is 10.3. The first kappa shape index (κ1) is 14.2. The maximum atomic E-state index is 12.1. The second-order valence-corrected chi connectivity index (χ2v) is 5.35. The molecule has 0 saturated heterocycles. The van der Waals surface area contributed by atoms with E-state index >= 15 is 0 Å². The minimum atomic E-state index is -0.0425. The van der Waals surface area contributed by atoms with Crippen LogP contribution >= 0.6 is 34.2 Å². The van der Waals surface area contributed by atoms with Crippen molar-refractivity contribution < 1.29 is 9.53 Å². The van der Waals surface area contributed by atoms with Gasteiger partial charge < -0.3 is 4.74 Å². The smallest absolute Gasteiger partial charge is 0.216 e. The molecule has 0 aliphatic heterocycles. The molecule has 6 heteroatoms. The molecule has 1 aromatic carbocycles. The van der Waals surface area contributed by atoms with E-state index in [-0.39, 0.29) is 12.2 Å². The summed E-state index contributed by atoms with van der Waals surface area (Å²) in [5.41, 5.74) is 1.19. The fraction of sp³-hybridized carbons (Fsp3) is 0.154. The van der Waals surface area contributed by atoms with Gasteiger partial charge in [-0.15, -0.1) is 0 Å². The van der Waals surface area contributed by atoms with Gasteiger partial charge in [-0.1, -0.05) is 17.7 Å². The number of carbonyl (C=O) groups is 1. The molecule has 0 unspecified atom stereocenters. The van der Waals surface area contributed by atoms with Crippen molar-refractivity contribution in [2.75, 3.05) is 7.11 Å². The summed E-state index contributed by atoms with van der Waals surface area (Å²) < 4.78 is 5.91. The number of ketones is 1. The summed E-state index contributed by atoms with van der Waals surface area (Å²) in [4.78, 5) is 20.1. The Balaban J connectivity index is 2.18. The summed E-state index contributed by atoms with van der Waals surface area (Å²) in [7, 11) is 1.52. The van der Waals surface area contributed by atoms with Crippen molar-refractivity contribution in [3.63, 3.8) is 0 Å². The Labute approximate surface area is 129 Å². The van der Waals surface area contributed by atoms with Crippen LogP contribution in [0.2, 0.25) is 5.02 Å². The lowest BCUT2D eigenvalue weighted by molar-refractivity contribution is 0.0992. The van der Waals surface area contributed by atoms with E-state index in [1.165, 1.54) is 13.4 Å². The molecule has 0 radical (unpaired) electrons. The SMILES string of the molecule is COc1cc(CC(=O)c2ccc(I)c(Cl)c2)ncn1. The Kier molecular flexibility index (Phi) is 4.71. The fourth-order valence-electron chi connectivity index (χ4n) is 1.52. The van der Waals surface area contributed by atoms with Crippen LogP contribution in [0.5, 0.6) is 5.88 Å². The van der Waals surface area contributed by atoms with E-state index in [0.717, 1.165) is 3.57 Å². The Morgan fingerprint density at radius 2 is 2.16 bits per heavy atom. The van der Waals surface area contributed by atoms with Crippen LogP contribution < -0.4 is 4.74 Å². The number of benzene rings is 1.